The third-order valence-electron chi connectivity index (χ3n) is 5.06. The van der Waals surface area contributed by atoms with Crippen molar-refractivity contribution in [2.75, 3.05) is 13.1 Å². The predicted octanol–water partition coefficient (Wildman–Crippen LogP) is 3.47. The number of carbonyl (C=O) groups is 2. The minimum Gasteiger partial charge on any atom is -0.342 e. The van der Waals surface area contributed by atoms with E-state index in [2.05, 4.69) is 10.2 Å². The second kappa shape index (κ2) is 7.60. The predicted molar refractivity (Wildman–Crippen MR) is 104 cm³/mol. The van der Waals surface area contributed by atoms with Gasteiger partial charge in [0.2, 0.25) is 5.91 Å². The first-order valence-corrected chi connectivity index (χ1v) is 10.1. The molecular weight excluding hydrogens is 360 g/mol. The summed E-state index contributed by atoms with van der Waals surface area (Å²) < 4.78 is 2.00. The van der Waals surface area contributed by atoms with Crippen LogP contribution in [0, 0.1) is 6.92 Å². The number of likely N-dealkylation sites (tertiary alicyclic amines) is 1. The van der Waals surface area contributed by atoms with Crippen molar-refractivity contribution in [2.24, 2.45) is 0 Å². The van der Waals surface area contributed by atoms with E-state index < -0.39 is 0 Å². The van der Waals surface area contributed by atoms with Crippen molar-refractivity contribution < 1.29 is 9.59 Å². The Labute approximate surface area is 161 Å². The van der Waals surface area contributed by atoms with Crippen molar-refractivity contribution in [2.45, 2.75) is 38.5 Å². The van der Waals surface area contributed by atoms with Gasteiger partial charge in [-0.05, 0) is 44.0 Å². The lowest BCUT2D eigenvalue weighted by Gasteiger charge is -2.32. The standard InChI is InChI=1S/C20H22N4O2S/c1-14-7-9-17(27-14)16(25)8-10-19(26)23-11-4-5-15(13-23)20-22-21-18-6-2-3-12-24(18)20/h2-3,6-7,9,12,15H,4-5,8,10-11,13H2,1H3/t15-/m0/s1. The number of Topliss-reactive ketones (excluding diaryl/α,β-unsaturated/α-hetero) is 1. The zero-order valence-corrected chi connectivity index (χ0v) is 16.1. The van der Waals surface area contributed by atoms with Gasteiger partial charge in [-0.25, -0.2) is 0 Å². The fourth-order valence-electron chi connectivity index (χ4n) is 3.64. The number of fused-ring (bicyclic) bond motifs is 1. The Morgan fingerprint density at radius 2 is 2.07 bits per heavy atom. The average Bonchev–Trinajstić information content (AvgIpc) is 3.32. The van der Waals surface area contributed by atoms with Crippen LogP contribution in [0.4, 0.5) is 0 Å². The number of hydrogen-bond donors (Lipinski definition) is 0. The first kappa shape index (κ1) is 17.9. The minimum atomic E-state index is 0.0511. The van der Waals surface area contributed by atoms with Crippen LogP contribution in [0.5, 0.6) is 0 Å². The number of hydrogen-bond acceptors (Lipinski definition) is 5. The minimum absolute atomic E-state index is 0.0511. The highest BCUT2D eigenvalue weighted by Gasteiger charge is 2.28. The molecule has 140 valence electrons. The van der Waals surface area contributed by atoms with E-state index in [-0.39, 0.29) is 30.4 Å². The zero-order valence-electron chi connectivity index (χ0n) is 15.3. The van der Waals surface area contributed by atoms with Crippen LogP contribution in [0.15, 0.2) is 36.5 Å². The zero-order chi connectivity index (χ0) is 18.8. The molecule has 0 aliphatic carbocycles. The summed E-state index contributed by atoms with van der Waals surface area (Å²) in [5.41, 5.74) is 0.827. The summed E-state index contributed by atoms with van der Waals surface area (Å²) in [6, 6.07) is 9.62. The summed E-state index contributed by atoms with van der Waals surface area (Å²) >= 11 is 1.49. The molecule has 0 bridgehead atoms. The van der Waals surface area contributed by atoms with Crippen molar-refractivity contribution in [3.8, 4) is 0 Å². The number of nitrogens with zero attached hydrogens (tertiary/aromatic N) is 4. The molecule has 0 radical (unpaired) electrons. The average molecular weight is 382 g/mol. The number of pyridine rings is 1. The highest BCUT2D eigenvalue weighted by atomic mass is 32.1. The molecule has 7 heteroatoms. The summed E-state index contributed by atoms with van der Waals surface area (Å²) in [5, 5.41) is 8.58. The van der Waals surface area contributed by atoms with Crippen LogP contribution in [0.1, 0.15) is 52.0 Å². The molecule has 1 aliphatic heterocycles. The molecule has 1 fully saturated rings. The number of amides is 1. The summed E-state index contributed by atoms with van der Waals surface area (Å²) in [6.45, 7) is 3.37. The van der Waals surface area contributed by atoms with Crippen LogP contribution in [0.2, 0.25) is 0 Å². The van der Waals surface area contributed by atoms with Gasteiger partial charge in [0.25, 0.3) is 0 Å². The van der Waals surface area contributed by atoms with E-state index in [0.29, 0.717) is 6.54 Å². The molecular formula is C20H22N4O2S. The third kappa shape index (κ3) is 3.78. The number of ketones is 1. The van der Waals surface area contributed by atoms with E-state index in [1.807, 2.05) is 52.8 Å². The van der Waals surface area contributed by atoms with Gasteiger partial charge in [-0.3, -0.25) is 14.0 Å². The van der Waals surface area contributed by atoms with Gasteiger partial charge in [-0.1, -0.05) is 6.07 Å². The van der Waals surface area contributed by atoms with Crippen molar-refractivity contribution in [3.05, 3.63) is 52.1 Å². The Balaban J connectivity index is 1.39. The Hall–Kier alpha value is -2.54. The SMILES string of the molecule is Cc1ccc(C(=O)CCC(=O)N2CCC[C@H](c3nnc4ccccn34)C2)s1. The van der Waals surface area contributed by atoms with Gasteiger partial charge >= 0.3 is 0 Å². The van der Waals surface area contributed by atoms with Gasteiger partial charge in [-0.2, -0.15) is 0 Å². The van der Waals surface area contributed by atoms with Gasteiger partial charge in [0.1, 0.15) is 5.82 Å². The lowest BCUT2D eigenvalue weighted by molar-refractivity contribution is -0.132. The molecule has 1 amide bonds. The van der Waals surface area contributed by atoms with E-state index in [4.69, 9.17) is 0 Å². The Bertz CT molecular complexity index is 977. The normalized spacial score (nSPS) is 17.4. The highest BCUT2D eigenvalue weighted by Crippen LogP contribution is 2.27. The first-order chi connectivity index (χ1) is 13.1. The molecule has 0 spiro atoms. The molecule has 3 aromatic heterocycles. The molecule has 1 aliphatic rings. The smallest absolute Gasteiger partial charge is 0.223 e. The Morgan fingerprint density at radius 3 is 2.89 bits per heavy atom. The lowest BCUT2D eigenvalue weighted by atomic mass is 9.96. The Morgan fingerprint density at radius 1 is 1.19 bits per heavy atom. The molecule has 3 aromatic rings. The maximum atomic E-state index is 12.7. The number of aryl methyl sites for hydroxylation is 1. The van der Waals surface area contributed by atoms with Crippen molar-refractivity contribution in [3.63, 3.8) is 0 Å². The number of rotatable bonds is 5. The molecule has 6 nitrogen and oxygen atoms in total. The monoisotopic (exact) mass is 382 g/mol. The first-order valence-electron chi connectivity index (χ1n) is 9.29. The number of carbonyl (C=O) groups excluding carboxylic acids is 2. The molecule has 1 saturated heterocycles. The maximum Gasteiger partial charge on any atom is 0.223 e. The van der Waals surface area contributed by atoms with E-state index in [1.165, 1.54) is 11.3 Å². The van der Waals surface area contributed by atoms with Crippen molar-refractivity contribution in [1.82, 2.24) is 19.5 Å². The molecule has 0 aromatic carbocycles. The summed E-state index contributed by atoms with van der Waals surface area (Å²) in [5.74, 6) is 1.19. The van der Waals surface area contributed by atoms with Crippen LogP contribution >= 0.6 is 11.3 Å². The van der Waals surface area contributed by atoms with Gasteiger partial charge in [0.05, 0.1) is 4.88 Å². The molecule has 0 saturated carbocycles. The summed E-state index contributed by atoms with van der Waals surface area (Å²) in [4.78, 5) is 28.7. The highest BCUT2D eigenvalue weighted by molar-refractivity contribution is 7.14. The number of aromatic nitrogens is 3. The van der Waals surface area contributed by atoms with Gasteiger partial charge < -0.3 is 4.90 Å². The molecule has 4 rings (SSSR count). The van der Waals surface area contributed by atoms with Crippen LogP contribution < -0.4 is 0 Å². The van der Waals surface area contributed by atoms with Gasteiger partial charge in [0, 0.05) is 42.9 Å². The largest absolute Gasteiger partial charge is 0.342 e. The quantitative estimate of drug-likeness (QED) is 0.634. The number of piperidine rings is 1. The summed E-state index contributed by atoms with van der Waals surface area (Å²) in [7, 11) is 0. The lowest BCUT2D eigenvalue weighted by Crippen LogP contribution is -2.39. The number of thiophene rings is 1. The van der Waals surface area contributed by atoms with E-state index >= 15 is 0 Å². The van der Waals surface area contributed by atoms with Crippen molar-refractivity contribution in [1.29, 1.82) is 0 Å². The molecule has 0 unspecified atom stereocenters. The molecule has 4 heterocycles. The topological polar surface area (TPSA) is 67.6 Å². The van der Waals surface area contributed by atoms with Gasteiger partial charge in [-0.15, -0.1) is 21.5 Å². The molecule has 27 heavy (non-hydrogen) atoms. The maximum absolute atomic E-state index is 12.7. The fourth-order valence-corrected chi connectivity index (χ4v) is 4.47. The van der Waals surface area contributed by atoms with Crippen LogP contribution in [-0.2, 0) is 4.79 Å². The molecule has 1 atom stereocenters. The van der Waals surface area contributed by atoms with E-state index in [0.717, 1.165) is 40.6 Å². The van der Waals surface area contributed by atoms with E-state index in [1.54, 1.807) is 0 Å². The fraction of sp³-hybridized carbons (Fsp3) is 0.400. The molecule has 0 N–H and O–H groups in total. The van der Waals surface area contributed by atoms with Crippen LogP contribution in [-0.4, -0.2) is 44.3 Å². The second-order valence-corrected chi connectivity index (χ2v) is 8.29. The van der Waals surface area contributed by atoms with Gasteiger partial charge in [0.15, 0.2) is 11.4 Å². The van der Waals surface area contributed by atoms with Crippen molar-refractivity contribution >= 4 is 28.7 Å². The van der Waals surface area contributed by atoms with E-state index in [9.17, 15) is 9.59 Å². The van der Waals surface area contributed by atoms with Crippen LogP contribution in [0.25, 0.3) is 5.65 Å². The van der Waals surface area contributed by atoms with Crippen LogP contribution in [0.3, 0.4) is 0 Å². The third-order valence-corrected chi connectivity index (χ3v) is 6.10. The Kier molecular flexibility index (Phi) is 5.03. The summed E-state index contributed by atoms with van der Waals surface area (Å²) in [6.07, 6.45) is 4.44. The second-order valence-electron chi connectivity index (χ2n) is 7.00.